The van der Waals surface area contributed by atoms with Crippen molar-refractivity contribution >= 4 is 28.7 Å². The molecule has 0 spiro atoms. The van der Waals surface area contributed by atoms with Crippen LogP contribution in [0.25, 0.3) is 10.8 Å². The van der Waals surface area contributed by atoms with Crippen LogP contribution in [0, 0.1) is 16.5 Å². The lowest BCUT2D eigenvalue weighted by atomic mass is 9.92. The van der Waals surface area contributed by atoms with Gasteiger partial charge in [0.15, 0.2) is 6.17 Å². The van der Waals surface area contributed by atoms with Crippen LogP contribution in [-0.2, 0) is 19.1 Å². The Morgan fingerprint density at radius 3 is 2.43 bits per heavy atom. The average Bonchev–Trinajstić information content (AvgIpc) is 3.49. The van der Waals surface area contributed by atoms with Crippen LogP contribution in [0.5, 0.6) is 5.75 Å². The van der Waals surface area contributed by atoms with E-state index in [1.54, 1.807) is 33.8 Å². The molecule has 0 bridgehead atoms. The first-order valence-corrected chi connectivity index (χ1v) is 15.2. The van der Waals surface area contributed by atoms with E-state index in [9.17, 15) is 19.6 Å². The smallest absolute Gasteiger partial charge is 0.412 e. The third kappa shape index (κ3) is 7.34. The van der Waals surface area contributed by atoms with Gasteiger partial charge in [0.05, 0.1) is 13.2 Å². The summed E-state index contributed by atoms with van der Waals surface area (Å²) in [5.74, 6) is -0.672. The minimum atomic E-state index is -1.23. The number of hydroxylamine groups is 1. The summed E-state index contributed by atoms with van der Waals surface area (Å²) in [6.45, 7) is 16.5. The number of fused-ring (bicyclic) bond motifs is 1. The van der Waals surface area contributed by atoms with Crippen molar-refractivity contribution in [2.45, 2.75) is 90.8 Å². The number of alkyl carbamates (subject to hydrolysis) is 1. The highest BCUT2D eigenvalue weighted by atomic mass is 16.6. The van der Waals surface area contributed by atoms with Gasteiger partial charge in [-0.05, 0) is 45.6 Å². The molecule has 2 aliphatic rings. The maximum atomic E-state index is 14.3. The van der Waals surface area contributed by atoms with E-state index < -0.39 is 58.0 Å². The molecule has 1 heterocycles. The second-order valence-electron chi connectivity index (χ2n) is 13.6. The molecule has 1 aliphatic carbocycles. The maximum Gasteiger partial charge on any atom is 0.412 e. The molecule has 3 N–H and O–H groups in total. The molecular formula is C33H46N4O7. The standard InChI is InChI=1S/C33H46N4O7/c1-9-22-19-33(22,29(39)42-10-2)35-27(38)25-18-23(43-26-17-13-15-21-14-11-12-16-24(21)26)20-36(25)37(41)28(31(3,4)5)34-30(40)44-32(6,7)8/h9,11-17,22-23,25,28,37H,1,10,18-20H2,2-8H3,(H,34,40)(H,35,38)/t22-,23-,25+,28-,33-/m1/s1. The number of amides is 2. The Balaban J connectivity index is 1.64. The molecule has 2 fully saturated rings. The molecular weight excluding hydrogens is 564 g/mol. The van der Waals surface area contributed by atoms with Gasteiger partial charge in [0.1, 0.15) is 29.0 Å². The Kier molecular flexibility index (Phi) is 9.63. The van der Waals surface area contributed by atoms with E-state index in [0.29, 0.717) is 12.2 Å². The minimum absolute atomic E-state index is 0.0972. The molecule has 11 heteroatoms. The molecule has 0 aromatic heterocycles. The molecule has 2 aromatic rings. The summed E-state index contributed by atoms with van der Waals surface area (Å²) in [4.78, 5) is 39.7. The Morgan fingerprint density at radius 2 is 1.82 bits per heavy atom. The lowest BCUT2D eigenvalue weighted by molar-refractivity contribution is -1.00. The van der Waals surface area contributed by atoms with Crippen molar-refractivity contribution in [2.24, 2.45) is 11.3 Å². The first-order chi connectivity index (χ1) is 20.6. The topological polar surface area (TPSA) is 134 Å². The Labute approximate surface area is 259 Å². The van der Waals surface area contributed by atoms with Crippen LogP contribution in [0.1, 0.15) is 61.3 Å². The fourth-order valence-corrected chi connectivity index (χ4v) is 5.66. The van der Waals surface area contributed by atoms with E-state index in [2.05, 4.69) is 17.2 Å². The first kappa shape index (κ1) is 33.2. The number of esters is 1. The van der Waals surface area contributed by atoms with Crippen LogP contribution < -0.4 is 20.5 Å². The molecule has 1 unspecified atom stereocenters. The summed E-state index contributed by atoms with van der Waals surface area (Å²) in [5, 5.41) is 22.8. The largest absolute Gasteiger partial charge is 0.611 e. The van der Waals surface area contributed by atoms with Gasteiger partial charge in [-0.2, -0.15) is 0 Å². The number of carbonyl (C=O) groups is 3. The molecule has 2 aromatic carbocycles. The highest BCUT2D eigenvalue weighted by Gasteiger charge is 2.62. The maximum absolute atomic E-state index is 14.3. The predicted octanol–water partition coefficient (Wildman–Crippen LogP) is 3.48. The van der Waals surface area contributed by atoms with E-state index in [0.717, 1.165) is 10.8 Å². The van der Waals surface area contributed by atoms with Gasteiger partial charge >= 0.3 is 12.1 Å². The molecule has 240 valence electrons. The van der Waals surface area contributed by atoms with Crippen LogP contribution in [0.2, 0.25) is 0 Å². The molecule has 4 rings (SSSR count). The zero-order valence-electron chi connectivity index (χ0n) is 26.8. The minimum Gasteiger partial charge on any atom is -0.611 e. The van der Waals surface area contributed by atoms with Crippen LogP contribution in [-0.4, -0.2) is 65.6 Å². The van der Waals surface area contributed by atoms with Crippen molar-refractivity contribution in [3.8, 4) is 5.75 Å². The van der Waals surface area contributed by atoms with Gasteiger partial charge < -0.3 is 24.7 Å². The monoisotopic (exact) mass is 610 g/mol. The number of nitrogens with zero attached hydrogens (tertiary/aromatic N) is 1. The average molecular weight is 611 g/mol. The highest BCUT2D eigenvalue weighted by Crippen LogP contribution is 2.45. The predicted molar refractivity (Wildman–Crippen MR) is 166 cm³/mol. The number of quaternary nitrogens is 1. The van der Waals surface area contributed by atoms with Gasteiger partial charge in [-0.25, -0.2) is 9.59 Å². The van der Waals surface area contributed by atoms with Gasteiger partial charge in [-0.3, -0.25) is 15.3 Å². The van der Waals surface area contributed by atoms with Crippen molar-refractivity contribution < 1.29 is 33.8 Å². The van der Waals surface area contributed by atoms with Gasteiger partial charge in [0, 0.05) is 23.1 Å². The second kappa shape index (κ2) is 12.7. The summed E-state index contributed by atoms with van der Waals surface area (Å²) in [6.07, 6.45) is -0.103. The number of carbonyl (C=O) groups excluding carboxylic acids is 3. The van der Waals surface area contributed by atoms with Gasteiger partial charge in [-0.1, -0.05) is 63.2 Å². The zero-order valence-corrected chi connectivity index (χ0v) is 26.8. The Bertz CT molecular complexity index is 1380. The van der Waals surface area contributed by atoms with Crippen LogP contribution in [0.15, 0.2) is 55.1 Å². The SMILES string of the molecule is C=C[C@@H]1C[C@]1(NC(=O)[C@@H]1C[C@@H](Oc2cccc3ccccc23)CN1[NH+]([O-])[C@@H](NC(=O)OC(C)(C)C)C(C)(C)C)C(=O)OCC. The molecule has 44 heavy (non-hydrogen) atoms. The van der Waals surface area contributed by atoms with Crippen LogP contribution in [0.3, 0.4) is 0 Å². The lowest BCUT2D eigenvalue weighted by Gasteiger charge is -2.44. The van der Waals surface area contributed by atoms with E-state index in [1.807, 2.05) is 63.2 Å². The van der Waals surface area contributed by atoms with E-state index in [4.69, 9.17) is 14.2 Å². The van der Waals surface area contributed by atoms with Crippen molar-refractivity contribution in [1.29, 1.82) is 0 Å². The van der Waals surface area contributed by atoms with Crippen molar-refractivity contribution in [3.63, 3.8) is 0 Å². The van der Waals surface area contributed by atoms with Crippen molar-refractivity contribution in [3.05, 3.63) is 60.3 Å². The number of hydrogen-bond acceptors (Lipinski definition) is 8. The molecule has 1 saturated carbocycles. The highest BCUT2D eigenvalue weighted by molar-refractivity contribution is 5.93. The van der Waals surface area contributed by atoms with Crippen molar-refractivity contribution in [2.75, 3.05) is 13.2 Å². The van der Waals surface area contributed by atoms with Gasteiger partial charge in [-0.15, -0.1) is 11.6 Å². The third-order valence-electron chi connectivity index (χ3n) is 7.95. The van der Waals surface area contributed by atoms with Crippen molar-refractivity contribution in [1.82, 2.24) is 15.6 Å². The first-order valence-electron chi connectivity index (χ1n) is 15.2. The molecule has 11 nitrogen and oxygen atoms in total. The van der Waals surface area contributed by atoms with E-state index in [-0.39, 0.29) is 25.5 Å². The summed E-state index contributed by atoms with van der Waals surface area (Å²) in [5.41, 5.74) is -2.72. The fraction of sp³-hybridized carbons (Fsp3) is 0.545. The number of ether oxygens (including phenoxy) is 3. The number of rotatable bonds is 10. The Morgan fingerprint density at radius 1 is 1.14 bits per heavy atom. The van der Waals surface area contributed by atoms with E-state index in [1.165, 1.54) is 5.01 Å². The summed E-state index contributed by atoms with van der Waals surface area (Å²) in [7, 11) is 0. The number of hydrogen-bond donors (Lipinski definition) is 3. The summed E-state index contributed by atoms with van der Waals surface area (Å²) in [6, 6.07) is 12.6. The van der Waals surface area contributed by atoms with Crippen LogP contribution in [0.4, 0.5) is 4.79 Å². The normalized spacial score (nSPS) is 25.0. The fourth-order valence-electron chi connectivity index (χ4n) is 5.66. The second-order valence-corrected chi connectivity index (χ2v) is 13.6. The zero-order chi connectivity index (χ0) is 32.4. The summed E-state index contributed by atoms with van der Waals surface area (Å²) >= 11 is 0. The van der Waals surface area contributed by atoms with E-state index >= 15 is 0 Å². The molecule has 1 saturated heterocycles. The Hall–Kier alpha value is -3.67. The third-order valence-corrected chi connectivity index (χ3v) is 7.95. The summed E-state index contributed by atoms with van der Waals surface area (Å²) < 4.78 is 17.2. The molecule has 2 amide bonds. The molecule has 1 aliphatic heterocycles. The molecule has 0 radical (unpaired) electrons. The van der Waals surface area contributed by atoms with Gasteiger partial charge in [0.2, 0.25) is 5.91 Å². The number of nitrogens with one attached hydrogen (secondary N) is 3. The van der Waals surface area contributed by atoms with Gasteiger partial charge in [0.25, 0.3) is 0 Å². The molecule has 6 atom stereocenters. The van der Waals surface area contributed by atoms with Crippen LogP contribution >= 0.6 is 0 Å². The lowest BCUT2D eigenvalue weighted by Crippen LogP contribution is -3.21. The number of benzene rings is 2. The quantitative estimate of drug-likeness (QED) is 0.161.